The van der Waals surface area contributed by atoms with Crippen molar-refractivity contribution in [1.29, 1.82) is 0 Å². The second kappa shape index (κ2) is 8.30. The zero-order valence-electron chi connectivity index (χ0n) is 11.8. The molecule has 0 radical (unpaired) electrons. The first-order valence-electron chi connectivity index (χ1n) is 6.76. The fourth-order valence-electron chi connectivity index (χ4n) is 1.71. The molecule has 0 amide bonds. The molecule has 0 N–H and O–H groups in total. The third-order valence-corrected chi connectivity index (χ3v) is 4.58. The van der Waals surface area contributed by atoms with Gasteiger partial charge in [0.15, 0.2) is 11.5 Å². The van der Waals surface area contributed by atoms with E-state index in [1.54, 1.807) is 30.3 Å². The van der Waals surface area contributed by atoms with Gasteiger partial charge in [-0.3, -0.25) is 0 Å². The zero-order valence-corrected chi connectivity index (χ0v) is 15.7. The molecule has 2 aromatic rings. The molecule has 0 saturated heterocycles. The lowest BCUT2D eigenvalue weighted by molar-refractivity contribution is 0.295. The molecule has 0 saturated carbocycles. The molecule has 0 spiro atoms. The van der Waals surface area contributed by atoms with Crippen LogP contribution in [0.4, 0.5) is 0 Å². The summed E-state index contributed by atoms with van der Waals surface area (Å²) in [6.45, 7) is 2.70. The fourth-order valence-corrected chi connectivity index (χ4v) is 2.63. The van der Waals surface area contributed by atoms with Gasteiger partial charge in [0.25, 0.3) is 0 Å². The molecule has 0 aliphatic heterocycles. The Morgan fingerprint density at radius 1 is 0.955 bits per heavy atom. The summed E-state index contributed by atoms with van der Waals surface area (Å²) in [7, 11) is 0. The average Bonchev–Trinajstić information content (AvgIpc) is 2.47. The Morgan fingerprint density at radius 3 is 2.41 bits per heavy atom. The van der Waals surface area contributed by atoms with Crippen molar-refractivity contribution in [1.82, 2.24) is 0 Å². The summed E-state index contributed by atoms with van der Waals surface area (Å²) in [5.74, 6) is 1.62. The zero-order chi connectivity index (χ0) is 16.1. The van der Waals surface area contributed by atoms with Crippen molar-refractivity contribution in [2.75, 3.05) is 6.61 Å². The highest BCUT2D eigenvalue weighted by Gasteiger charge is 2.13. The van der Waals surface area contributed by atoms with Gasteiger partial charge in [-0.15, -0.1) is 0 Å². The molecule has 0 fully saturated rings. The molecular weight excluding hydrogens is 410 g/mol. The van der Waals surface area contributed by atoms with Crippen LogP contribution in [0.15, 0.2) is 34.8 Å². The maximum atomic E-state index is 6.14. The third-order valence-electron chi connectivity index (χ3n) is 2.86. The van der Waals surface area contributed by atoms with Gasteiger partial charge >= 0.3 is 0 Å². The summed E-state index contributed by atoms with van der Waals surface area (Å²) in [6.07, 6.45) is 2.00. The highest BCUT2D eigenvalue weighted by molar-refractivity contribution is 9.10. The van der Waals surface area contributed by atoms with E-state index in [1.165, 1.54) is 0 Å². The molecule has 6 heteroatoms. The Balaban J connectivity index is 2.29. The molecule has 0 aliphatic carbocycles. The molecule has 0 aliphatic rings. The first-order chi connectivity index (χ1) is 10.5. The quantitative estimate of drug-likeness (QED) is 0.450. The maximum absolute atomic E-state index is 6.14. The topological polar surface area (TPSA) is 18.5 Å². The van der Waals surface area contributed by atoms with E-state index in [1.807, 2.05) is 0 Å². The molecule has 22 heavy (non-hydrogen) atoms. The molecule has 2 rings (SSSR count). The lowest BCUT2D eigenvalue weighted by atomic mass is 10.3. The van der Waals surface area contributed by atoms with E-state index in [0.717, 1.165) is 17.3 Å². The maximum Gasteiger partial charge on any atom is 0.170 e. The standard InChI is InChI=1S/C16H14BrCl3O2/c1-2-3-6-21-15-9-12(19)11(17)8-16(15)22-14-5-4-10(18)7-13(14)20/h4-5,7-9H,2-3,6H2,1H3. The number of benzene rings is 2. The number of ether oxygens (including phenoxy) is 2. The minimum atomic E-state index is 0.429. The molecule has 118 valence electrons. The van der Waals surface area contributed by atoms with E-state index in [9.17, 15) is 0 Å². The Kier molecular flexibility index (Phi) is 6.69. The molecule has 0 aromatic heterocycles. The molecule has 2 nitrogen and oxygen atoms in total. The lowest BCUT2D eigenvalue weighted by Gasteiger charge is -2.14. The van der Waals surface area contributed by atoms with Crippen LogP contribution in [0.5, 0.6) is 17.2 Å². The number of hydrogen-bond acceptors (Lipinski definition) is 2. The monoisotopic (exact) mass is 422 g/mol. The van der Waals surface area contributed by atoms with Gasteiger partial charge in [0.1, 0.15) is 5.75 Å². The molecule has 0 atom stereocenters. The minimum Gasteiger partial charge on any atom is -0.490 e. The Morgan fingerprint density at radius 2 is 1.73 bits per heavy atom. The van der Waals surface area contributed by atoms with Crippen LogP contribution in [0.3, 0.4) is 0 Å². The second-order valence-electron chi connectivity index (χ2n) is 4.59. The summed E-state index contributed by atoms with van der Waals surface area (Å²) in [4.78, 5) is 0. The SMILES string of the molecule is CCCCOc1cc(Cl)c(Br)cc1Oc1ccc(Cl)cc1Cl. The number of hydrogen-bond donors (Lipinski definition) is 0. The van der Waals surface area contributed by atoms with Crippen LogP contribution in [0.2, 0.25) is 15.1 Å². The lowest BCUT2D eigenvalue weighted by Crippen LogP contribution is -1.99. The normalized spacial score (nSPS) is 10.6. The predicted octanol–water partition coefficient (Wildman–Crippen LogP) is 7.38. The highest BCUT2D eigenvalue weighted by Crippen LogP contribution is 2.40. The molecule has 0 unspecified atom stereocenters. The first kappa shape index (κ1) is 17.7. The summed E-state index contributed by atoms with van der Waals surface area (Å²) in [6, 6.07) is 8.53. The minimum absolute atomic E-state index is 0.429. The first-order valence-corrected chi connectivity index (χ1v) is 8.68. The van der Waals surface area contributed by atoms with Gasteiger partial charge in [-0.1, -0.05) is 48.1 Å². The molecule has 0 bridgehead atoms. The highest BCUT2D eigenvalue weighted by atomic mass is 79.9. The summed E-state index contributed by atoms with van der Waals surface area (Å²) >= 11 is 21.5. The van der Waals surface area contributed by atoms with Gasteiger partial charge in [0, 0.05) is 21.6 Å². The smallest absolute Gasteiger partial charge is 0.170 e. The van der Waals surface area contributed by atoms with Crippen LogP contribution < -0.4 is 9.47 Å². The van der Waals surface area contributed by atoms with Crippen LogP contribution in [-0.2, 0) is 0 Å². The summed E-state index contributed by atoms with van der Waals surface area (Å²) in [5.41, 5.74) is 0. The van der Waals surface area contributed by atoms with Gasteiger partial charge in [-0.05, 0) is 40.5 Å². The largest absolute Gasteiger partial charge is 0.490 e. The van der Waals surface area contributed by atoms with Gasteiger partial charge in [-0.2, -0.15) is 0 Å². The average molecular weight is 425 g/mol. The van der Waals surface area contributed by atoms with Crippen molar-refractivity contribution >= 4 is 50.7 Å². The van der Waals surface area contributed by atoms with Gasteiger partial charge in [0.05, 0.1) is 16.7 Å². The Bertz CT molecular complexity index is 662. The fraction of sp³-hybridized carbons (Fsp3) is 0.250. The van der Waals surface area contributed by atoms with Crippen molar-refractivity contribution in [3.05, 3.63) is 49.9 Å². The van der Waals surface area contributed by atoms with Crippen molar-refractivity contribution < 1.29 is 9.47 Å². The van der Waals surface area contributed by atoms with Crippen molar-refractivity contribution in [2.24, 2.45) is 0 Å². The van der Waals surface area contributed by atoms with E-state index in [-0.39, 0.29) is 0 Å². The molecule has 2 aromatic carbocycles. The van der Waals surface area contributed by atoms with E-state index < -0.39 is 0 Å². The molecule has 0 heterocycles. The Hall–Kier alpha value is -0.610. The van der Waals surface area contributed by atoms with Gasteiger partial charge in [0.2, 0.25) is 0 Å². The van der Waals surface area contributed by atoms with Crippen molar-refractivity contribution in [3.8, 4) is 17.2 Å². The van der Waals surface area contributed by atoms with Crippen LogP contribution in [-0.4, -0.2) is 6.61 Å². The van der Waals surface area contributed by atoms with Crippen molar-refractivity contribution in [3.63, 3.8) is 0 Å². The van der Waals surface area contributed by atoms with Gasteiger partial charge in [-0.25, -0.2) is 0 Å². The Labute approximate surface area is 153 Å². The third kappa shape index (κ3) is 4.69. The van der Waals surface area contributed by atoms with E-state index in [4.69, 9.17) is 44.3 Å². The van der Waals surface area contributed by atoms with Crippen LogP contribution in [0, 0.1) is 0 Å². The number of halogens is 4. The van der Waals surface area contributed by atoms with Crippen LogP contribution in [0.1, 0.15) is 19.8 Å². The molecular formula is C16H14BrCl3O2. The summed E-state index contributed by atoms with van der Waals surface area (Å²) < 4.78 is 12.3. The van der Waals surface area contributed by atoms with Crippen LogP contribution in [0.25, 0.3) is 0 Å². The second-order valence-corrected chi connectivity index (χ2v) is 6.70. The number of unbranched alkanes of at least 4 members (excludes halogenated alkanes) is 1. The van der Waals surface area contributed by atoms with Crippen LogP contribution >= 0.6 is 50.7 Å². The van der Waals surface area contributed by atoms with E-state index >= 15 is 0 Å². The summed E-state index contributed by atoms with van der Waals surface area (Å²) in [5, 5.41) is 1.54. The van der Waals surface area contributed by atoms with Gasteiger partial charge < -0.3 is 9.47 Å². The van der Waals surface area contributed by atoms with E-state index in [0.29, 0.717) is 38.9 Å². The predicted molar refractivity (Wildman–Crippen MR) is 96.1 cm³/mol. The van der Waals surface area contributed by atoms with E-state index in [2.05, 4.69) is 22.9 Å². The number of rotatable bonds is 6. The van der Waals surface area contributed by atoms with Crippen molar-refractivity contribution in [2.45, 2.75) is 19.8 Å².